The first-order valence-corrected chi connectivity index (χ1v) is 12.3. The van der Waals surface area contributed by atoms with Gasteiger partial charge in [0.25, 0.3) is 5.91 Å². The largest absolute Gasteiger partial charge is 0.379 e. The van der Waals surface area contributed by atoms with Crippen LogP contribution in [0.5, 0.6) is 0 Å². The SMILES string of the molecule is CC(C)C[C@H](C(=O)NCCCOC(C)C)N1C(=O)N2CCc3c([nH]c4ccccc34)[C@@]2(C)C1=O. The molecule has 4 amide bonds. The number of para-hydroxylation sites is 1. The van der Waals surface area contributed by atoms with Crippen LogP contribution in [0, 0.1) is 5.92 Å². The highest BCUT2D eigenvalue weighted by Crippen LogP contribution is 2.44. The molecule has 184 valence electrons. The molecule has 34 heavy (non-hydrogen) atoms. The van der Waals surface area contributed by atoms with E-state index < -0.39 is 11.6 Å². The fraction of sp³-hybridized carbons (Fsp3) is 0.577. The lowest BCUT2D eigenvalue weighted by Gasteiger charge is -2.36. The number of urea groups is 1. The van der Waals surface area contributed by atoms with Crippen molar-refractivity contribution in [2.24, 2.45) is 5.92 Å². The van der Waals surface area contributed by atoms with Crippen molar-refractivity contribution in [3.8, 4) is 0 Å². The number of benzene rings is 1. The van der Waals surface area contributed by atoms with Crippen molar-refractivity contribution >= 4 is 28.7 Å². The number of rotatable bonds is 9. The molecule has 2 N–H and O–H groups in total. The van der Waals surface area contributed by atoms with Crippen LogP contribution < -0.4 is 5.32 Å². The molecule has 2 aliphatic heterocycles. The average Bonchev–Trinajstić information content (AvgIpc) is 3.26. The molecule has 1 aromatic heterocycles. The Hall–Kier alpha value is -2.87. The number of imide groups is 1. The number of nitrogens with zero attached hydrogens (tertiary/aromatic N) is 2. The van der Waals surface area contributed by atoms with Crippen LogP contribution in [-0.2, 0) is 26.3 Å². The molecule has 2 aliphatic rings. The highest BCUT2D eigenvalue weighted by Gasteiger charge is 2.60. The molecule has 4 rings (SSSR count). The van der Waals surface area contributed by atoms with E-state index in [4.69, 9.17) is 4.74 Å². The van der Waals surface area contributed by atoms with E-state index in [0.29, 0.717) is 39.0 Å². The van der Waals surface area contributed by atoms with Gasteiger partial charge in [0.15, 0.2) is 5.54 Å². The minimum absolute atomic E-state index is 0.134. The summed E-state index contributed by atoms with van der Waals surface area (Å²) >= 11 is 0. The van der Waals surface area contributed by atoms with E-state index >= 15 is 0 Å². The summed E-state index contributed by atoms with van der Waals surface area (Å²) < 4.78 is 5.54. The Balaban J connectivity index is 1.60. The maximum atomic E-state index is 13.9. The summed E-state index contributed by atoms with van der Waals surface area (Å²) in [6.07, 6.45) is 1.88. The van der Waals surface area contributed by atoms with Gasteiger partial charge in [-0.2, -0.15) is 0 Å². The van der Waals surface area contributed by atoms with E-state index in [1.807, 2.05) is 52.0 Å². The number of aromatic nitrogens is 1. The van der Waals surface area contributed by atoms with Crippen molar-refractivity contribution in [3.05, 3.63) is 35.5 Å². The van der Waals surface area contributed by atoms with Gasteiger partial charge in [0, 0.05) is 30.6 Å². The zero-order chi connectivity index (χ0) is 24.6. The van der Waals surface area contributed by atoms with Gasteiger partial charge in [0.05, 0.1) is 11.8 Å². The number of ether oxygens (including phenoxy) is 1. The Morgan fingerprint density at radius 3 is 2.65 bits per heavy atom. The molecule has 0 bridgehead atoms. The van der Waals surface area contributed by atoms with Crippen LogP contribution >= 0.6 is 0 Å². The van der Waals surface area contributed by atoms with E-state index in [-0.39, 0.29) is 29.9 Å². The van der Waals surface area contributed by atoms with Crippen LogP contribution in [-0.4, -0.2) is 64.5 Å². The zero-order valence-corrected chi connectivity index (χ0v) is 20.8. The van der Waals surface area contributed by atoms with Gasteiger partial charge in [-0.05, 0) is 57.6 Å². The second kappa shape index (κ2) is 9.41. The van der Waals surface area contributed by atoms with E-state index in [9.17, 15) is 14.4 Å². The van der Waals surface area contributed by atoms with E-state index in [1.165, 1.54) is 4.90 Å². The third-order valence-corrected chi connectivity index (χ3v) is 6.88. The highest BCUT2D eigenvalue weighted by atomic mass is 16.5. The molecular formula is C26H36N4O4. The number of amides is 4. The molecule has 0 aliphatic carbocycles. The van der Waals surface area contributed by atoms with Crippen LogP contribution in [0.3, 0.4) is 0 Å². The molecule has 1 fully saturated rings. The summed E-state index contributed by atoms with van der Waals surface area (Å²) in [5, 5.41) is 4.00. The summed E-state index contributed by atoms with van der Waals surface area (Å²) in [7, 11) is 0. The van der Waals surface area contributed by atoms with E-state index in [0.717, 1.165) is 22.2 Å². The summed E-state index contributed by atoms with van der Waals surface area (Å²) in [5.41, 5.74) is 1.64. The van der Waals surface area contributed by atoms with Crippen molar-refractivity contribution in [1.29, 1.82) is 0 Å². The lowest BCUT2D eigenvalue weighted by molar-refractivity contribution is -0.140. The van der Waals surface area contributed by atoms with Gasteiger partial charge in [0.2, 0.25) is 5.91 Å². The fourth-order valence-electron chi connectivity index (χ4n) is 5.19. The summed E-state index contributed by atoms with van der Waals surface area (Å²) in [5.74, 6) is -0.496. The first kappa shape index (κ1) is 24.3. The molecule has 2 aromatic rings. The molecule has 0 saturated carbocycles. The van der Waals surface area contributed by atoms with Gasteiger partial charge in [-0.15, -0.1) is 0 Å². The molecule has 0 radical (unpaired) electrons. The molecule has 2 atom stereocenters. The van der Waals surface area contributed by atoms with Gasteiger partial charge in [-0.3, -0.25) is 9.59 Å². The molecular weight excluding hydrogens is 432 g/mol. The molecule has 1 aromatic carbocycles. The van der Waals surface area contributed by atoms with E-state index in [2.05, 4.69) is 10.3 Å². The Kier molecular flexibility index (Phi) is 6.71. The van der Waals surface area contributed by atoms with Gasteiger partial charge in [-0.1, -0.05) is 32.0 Å². The first-order valence-electron chi connectivity index (χ1n) is 12.3. The van der Waals surface area contributed by atoms with Gasteiger partial charge >= 0.3 is 6.03 Å². The number of aromatic amines is 1. The van der Waals surface area contributed by atoms with E-state index in [1.54, 1.807) is 11.8 Å². The third-order valence-electron chi connectivity index (χ3n) is 6.88. The van der Waals surface area contributed by atoms with Crippen LogP contribution in [0.25, 0.3) is 10.9 Å². The third kappa shape index (κ3) is 4.08. The average molecular weight is 469 g/mol. The number of hydrogen-bond acceptors (Lipinski definition) is 4. The second-order valence-corrected chi connectivity index (χ2v) is 10.2. The monoisotopic (exact) mass is 468 g/mol. The molecule has 0 spiro atoms. The van der Waals surface area contributed by atoms with Gasteiger partial charge in [0.1, 0.15) is 6.04 Å². The number of carbonyl (C=O) groups excluding carboxylic acids is 3. The quantitative estimate of drug-likeness (QED) is 0.435. The van der Waals surface area contributed by atoms with Crippen LogP contribution in [0.2, 0.25) is 0 Å². The first-order chi connectivity index (χ1) is 16.2. The van der Waals surface area contributed by atoms with Crippen molar-refractivity contribution in [1.82, 2.24) is 20.1 Å². The van der Waals surface area contributed by atoms with Gasteiger partial charge in [-0.25, -0.2) is 9.69 Å². The topological polar surface area (TPSA) is 94.7 Å². The zero-order valence-electron chi connectivity index (χ0n) is 20.8. The number of H-pyrrole nitrogens is 1. The lowest BCUT2D eigenvalue weighted by Crippen LogP contribution is -2.51. The number of carbonyl (C=O) groups is 3. The normalized spacial score (nSPS) is 20.9. The number of hydrogen-bond donors (Lipinski definition) is 2. The van der Waals surface area contributed by atoms with Crippen molar-refractivity contribution in [3.63, 3.8) is 0 Å². The van der Waals surface area contributed by atoms with Crippen molar-refractivity contribution in [2.75, 3.05) is 19.7 Å². The molecule has 8 nitrogen and oxygen atoms in total. The minimum atomic E-state index is -1.15. The summed E-state index contributed by atoms with van der Waals surface area (Å²) in [4.78, 5) is 47.0. The number of nitrogens with one attached hydrogen (secondary N) is 2. The van der Waals surface area contributed by atoms with Crippen LogP contribution in [0.4, 0.5) is 4.79 Å². The molecule has 3 heterocycles. The van der Waals surface area contributed by atoms with Gasteiger partial charge < -0.3 is 19.9 Å². The number of fused-ring (bicyclic) bond motifs is 5. The summed E-state index contributed by atoms with van der Waals surface area (Å²) in [6.45, 7) is 11.1. The standard InChI is InChI=1S/C26H36N4O4/c1-16(2)15-21(23(31)27-12-8-14-34-17(3)4)30-24(32)26(5)22-19(11-13-29(26)25(30)33)18-9-6-7-10-20(18)28-22/h6-7,9-10,16-17,21,28H,8,11-15H2,1-5H3,(H,27,31)/t21-,26+/m1/s1. The Labute approximate surface area is 201 Å². The Morgan fingerprint density at radius 2 is 1.94 bits per heavy atom. The minimum Gasteiger partial charge on any atom is -0.379 e. The van der Waals surface area contributed by atoms with Crippen LogP contribution in [0.15, 0.2) is 24.3 Å². The fourth-order valence-corrected chi connectivity index (χ4v) is 5.19. The predicted octanol–water partition coefficient (Wildman–Crippen LogP) is 3.55. The highest BCUT2D eigenvalue weighted by molar-refractivity contribution is 6.11. The Morgan fingerprint density at radius 1 is 1.21 bits per heavy atom. The molecule has 0 unspecified atom stereocenters. The lowest BCUT2D eigenvalue weighted by atomic mass is 9.87. The maximum Gasteiger partial charge on any atom is 0.328 e. The van der Waals surface area contributed by atoms with Crippen molar-refractivity contribution < 1.29 is 19.1 Å². The Bertz CT molecular complexity index is 1090. The smallest absolute Gasteiger partial charge is 0.328 e. The maximum absolute atomic E-state index is 13.9. The second-order valence-electron chi connectivity index (χ2n) is 10.2. The van der Waals surface area contributed by atoms with Crippen molar-refractivity contribution in [2.45, 2.75) is 71.6 Å². The van der Waals surface area contributed by atoms with Crippen LogP contribution in [0.1, 0.15) is 58.7 Å². The predicted molar refractivity (Wildman–Crippen MR) is 130 cm³/mol. The molecule has 1 saturated heterocycles. The molecule has 8 heteroatoms. The summed E-state index contributed by atoms with van der Waals surface area (Å²) in [6, 6.07) is 6.73.